The number of ketones is 3. The highest BCUT2D eigenvalue weighted by molar-refractivity contribution is 5.85. The fraction of sp³-hybridized carbons (Fsp3) is 0.850. The highest BCUT2D eigenvalue weighted by Gasteiger charge is 2.23. The van der Waals surface area contributed by atoms with Crippen LogP contribution in [-0.4, -0.2) is 31.1 Å². The van der Waals surface area contributed by atoms with Crippen molar-refractivity contribution in [3.8, 4) is 0 Å². The quantitative estimate of drug-likeness (QED) is 0.739. The summed E-state index contributed by atoms with van der Waals surface area (Å²) in [5.74, 6) is 1.12. The van der Waals surface area contributed by atoms with Crippen molar-refractivity contribution < 1.29 is 19.1 Å². The first-order valence-electron chi connectivity index (χ1n) is 8.55. The molecule has 0 saturated heterocycles. The van der Waals surface area contributed by atoms with Gasteiger partial charge in [-0.25, -0.2) is 0 Å². The highest BCUT2D eigenvalue weighted by atomic mass is 16.5. The Kier molecular flexibility index (Phi) is 14.3. The molecule has 0 aromatic heterocycles. The van der Waals surface area contributed by atoms with E-state index < -0.39 is 0 Å². The van der Waals surface area contributed by atoms with Crippen LogP contribution in [0.5, 0.6) is 0 Å². The van der Waals surface area contributed by atoms with E-state index in [0.717, 1.165) is 0 Å². The minimum absolute atomic E-state index is 0.144. The van der Waals surface area contributed by atoms with Crippen molar-refractivity contribution in [3.05, 3.63) is 0 Å². The first-order valence-corrected chi connectivity index (χ1v) is 8.55. The van der Waals surface area contributed by atoms with Crippen LogP contribution < -0.4 is 0 Å². The topological polar surface area (TPSA) is 60.4 Å². The van der Waals surface area contributed by atoms with Gasteiger partial charge in [-0.3, -0.25) is 14.4 Å². The third kappa shape index (κ3) is 17.3. The second-order valence-electron chi connectivity index (χ2n) is 8.64. The molecule has 0 amide bonds. The molecular formula is C20H40O4. The average Bonchev–Trinajstić information content (AvgIpc) is 2.37. The summed E-state index contributed by atoms with van der Waals surface area (Å²) in [5.41, 5.74) is -0.413. The number of Topliss-reactive ketones (excluding diaryl/α,β-unsaturated/α-hetero) is 3. The van der Waals surface area contributed by atoms with Gasteiger partial charge in [-0.1, -0.05) is 69.2 Å². The Morgan fingerprint density at radius 3 is 1.17 bits per heavy atom. The van der Waals surface area contributed by atoms with Gasteiger partial charge in [-0.05, 0) is 6.92 Å². The predicted octanol–water partition coefficient (Wildman–Crippen LogP) is 4.74. The normalized spacial score (nSPS) is 11.2. The molecule has 0 unspecified atom stereocenters. The summed E-state index contributed by atoms with van der Waals surface area (Å²) < 4.78 is 4.68. The predicted molar refractivity (Wildman–Crippen MR) is 101 cm³/mol. The van der Waals surface area contributed by atoms with Crippen LogP contribution in [0.25, 0.3) is 0 Å². The summed E-state index contributed by atoms with van der Waals surface area (Å²) in [6.45, 7) is 21.0. The Bertz CT molecular complexity index is 379. The number of hydrogen-bond acceptors (Lipinski definition) is 4. The van der Waals surface area contributed by atoms with Crippen LogP contribution in [0.3, 0.4) is 0 Å². The van der Waals surface area contributed by atoms with Crippen molar-refractivity contribution in [3.63, 3.8) is 0 Å². The van der Waals surface area contributed by atoms with Gasteiger partial charge in [-0.2, -0.15) is 0 Å². The molecule has 0 N–H and O–H groups in total. The van der Waals surface area contributed by atoms with Gasteiger partial charge in [0.05, 0.1) is 0 Å². The molecule has 0 heterocycles. The molecule has 0 fully saturated rings. The number of rotatable bonds is 4. The van der Waals surface area contributed by atoms with Crippen molar-refractivity contribution in [2.45, 2.75) is 76.2 Å². The highest BCUT2D eigenvalue weighted by Crippen LogP contribution is 2.19. The molecule has 0 aromatic carbocycles. The molecule has 4 heteroatoms. The summed E-state index contributed by atoms with van der Waals surface area (Å²) >= 11 is 0. The first-order chi connectivity index (χ1) is 10.5. The maximum absolute atomic E-state index is 11.2. The molecule has 0 radical (unpaired) electrons. The molecule has 0 spiro atoms. The van der Waals surface area contributed by atoms with E-state index >= 15 is 0 Å². The molecule has 144 valence electrons. The zero-order chi connectivity index (χ0) is 20.3. The number of methoxy groups -OCH3 is 1. The second kappa shape index (κ2) is 12.3. The maximum Gasteiger partial charge on any atom is 0.163 e. The van der Waals surface area contributed by atoms with E-state index in [9.17, 15) is 14.4 Å². The summed E-state index contributed by atoms with van der Waals surface area (Å²) in [6, 6.07) is 0. The minimum Gasteiger partial charge on any atom is -0.377 e. The zero-order valence-electron chi connectivity index (χ0n) is 18.0. The zero-order valence-corrected chi connectivity index (χ0v) is 18.0. The Labute approximate surface area is 149 Å². The van der Waals surface area contributed by atoms with Crippen LogP contribution in [-0.2, 0) is 19.1 Å². The van der Waals surface area contributed by atoms with Crippen molar-refractivity contribution in [1.82, 2.24) is 0 Å². The van der Waals surface area contributed by atoms with Crippen molar-refractivity contribution in [1.29, 1.82) is 0 Å². The molecule has 0 aliphatic heterocycles. The molecule has 0 atom stereocenters. The Morgan fingerprint density at radius 2 is 1.12 bits per heavy atom. The van der Waals surface area contributed by atoms with Crippen LogP contribution in [0.4, 0.5) is 0 Å². The lowest BCUT2D eigenvalue weighted by Crippen LogP contribution is -2.24. The minimum atomic E-state index is -0.254. The molecule has 0 aliphatic carbocycles. The smallest absolute Gasteiger partial charge is 0.163 e. The summed E-state index contributed by atoms with van der Waals surface area (Å²) in [6.07, 6.45) is 0. The Balaban J connectivity index is -0.000000282. The first kappa shape index (κ1) is 27.8. The molecule has 0 saturated carbocycles. The number of hydrogen-bond donors (Lipinski definition) is 0. The van der Waals surface area contributed by atoms with Crippen molar-refractivity contribution in [2.24, 2.45) is 22.7 Å². The lowest BCUT2D eigenvalue weighted by atomic mass is 9.85. The van der Waals surface area contributed by atoms with E-state index in [1.54, 1.807) is 6.92 Å². The third-order valence-electron chi connectivity index (χ3n) is 3.19. The van der Waals surface area contributed by atoms with E-state index in [-0.39, 0.29) is 40.8 Å². The Morgan fingerprint density at radius 1 is 0.792 bits per heavy atom. The van der Waals surface area contributed by atoms with Gasteiger partial charge in [0, 0.05) is 29.8 Å². The average molecular weight is 345 g/mol. The molecule has 0 bridgehead atoms. The van der Waals surface area contributed by atoms with Crippen molar-refractivity contribution in [2.75, 3.05) is 13.7 Å². The summed E-state index contributed by atoms with van der Waals surface area (Å²) in [4.78, 5) is 32.2. The lowest BCUT2D eigenvalue weighted by Gasteiger charge is -2.18. The Hall–Kier alpha value is -1.03. The fourth-order valence-corrected chi connectivity index (χ4v) is 1.21. The summed E-state index contributed by atoms with van der Waals surface area (Å²) in [7, 11) is 1.53. The van der Waals surface area contributed by atoms with Gasteiger partial charge in [0.15, 0.2) is 5.78 Å². The molecule has 24 heavy (non-hydrogen) atoms. The molecule has 0 aromatic rings. The van der Waals surface area contributed by atoms with Crippen molar-refractivity contribution >= 4 is 17.3 Å². The van der Waals surface area contributed by atoms with E-state index in [4.69, 9.17) is 0 Å². The van der Waals surface area contributed by atoms with E-state index in [2.05, 4.69) is 4.74 Å². The molecular weight excluding hydrogens is 304 g/mol. The largest absolute Gasteiger partial charge is 0.377 e. The van der Waals surface area contributed by atoms with Crippen LogP contribution in [0, 0.1) is 22.7 Å². The number of carbonyl (C=O) groups excluding carboxylic acids is 3. The number of carbonyl (C=O) groups is 3. The number of ether oxygens (including phenoxy) is 1. The van der Waals surface area contributed by atoms with Gasteiger partial charge < -0.3 is 4.74 Å². The SMILES string of the molecule is CC(=O)C(C)C.CC(C)C(=O)C(C)(C)C.COCC(=O)C(C)(C)C. The standard InChI is InChI=1S/C8H16O.C7H14O2.C5H10O/c1-6(2)7(9)8(3,4)5;1-7(2,3)6(8)5-9-4;1-4(2)5(3)6/h6H,1-5H3;5H2,1-4H3;4H,1-3H3. The maximum atomic E-state index is 11.2. The fourth-order valence-electron chi connectivity index (χ4n) is 1.21. The second-order valence-corrected chi connectivity index (χ2v) is 8.64. The van der Waals surface area contributed by atoms with E-state index in [1.807, 2.05) is 69.2 Å². The van der Waals surface area contributed by atoms with Crippen LogP contribution >= 0.6 is 0 Å². The van der Waals surface area contributed by atoms with Gasteiger partial charge in [0.25, 0.3) is 0 Å². The molecule has 0 aliphatic rings. The van der Waals surface area contributed by atoms with E-state index in [1.165, 1.54) is 7.11 Å². The molecule has 4 nitrogen and oxygen atoms in total. The van der Waals surface area contributed by atoms with Gasteiger partial charge in [-0.15, -0.1) is 0 Å². The van der Waals surface area contributed by atoms with Crippen LogP contribution in [0.1, 0.15) is 76.2 Å². The molecule has 0 rings (SSSR count). The lowest BCUT2D eigenvalue weighted by molar-refractivity contribution is -0.130. The van der Waals surface area contributed by atoms with E-state index in [0.29, 0.717) is 5.78 Å². The third-order valence-corrected chi connectivity index (χ3v) is 3.19. The van der Waals surface area contributed by atoms with Gasteiger partial charge in [0.1, 0.15) is 18.2 Å². The van der Waals surface area contributed by atoms with Gasteiger partial charge >= 0.3 is 0 Å². The summed E-state index contributed by atoms with van der Waals surface area (Å²) in [5, 5.41) is 0. The monoisotopic (exact) mass is 344 g/mol. The van der Waals surface area contributed by atoms with Gasteiger partial charge in [0.2, 0.25) is 0 Å². The van der Waals surface area contributed by atoms with Crippen LogP contribution in [0.2, 0.25) is 0 Å². The van der Waals surface area contributed by atoms with Crippen LogP contribution in [0.15, 0.2) is 0 Å².